The molecule has 0 saturated carbocycles. The Hall–Kier alpha value is -0.240. The fourth-order valence-corrected chi connectivity index (χ4v) is 1.29. The summed E-state index contributed by atoms with van der Waals surface area (Å²) < 4.78 is 4.69. The molecular weight excluding hydrogens is 180 g/mol. The molecule has 6 nitrogen and oxygen atoms in total. The quantitative estimate of drug-likeness (QED) is 0.308. The number of aliphatic hydroxyl groups is 5. The number of ether oxygens (including phenoxy) is 1. The zero-order chi connectivity index (χ0) is 10.2. The lowest BCUT2D eigenvalue weighted by Gasteiger charge is -2.39. The van der Waals surface area contributed by atoms with Crippen molar-refractivity contribution in [3.8, 4) is 0 Å². The summed E-state index contributed by atoms with van der Waals surface area (Å²) in [5.74, 6) is 0. The Morgan fingerprint density at radius 1 is 1.00 bits per heavy atom. The standard InChI is InChI=1S/C7H14O6/c1-2(8)6-4(10)3(9)5(11)7(12)13-6/h2-12H,1H3/t2-,3-,4-,5-,6+,7-/m0/s1. The van der Waals surface area contributed by atoms with Gasteiger partial charge in [-0.05, 0) is 6.92 Å². The highest BCUT2D eigenvalue weighted by molar-refractivity contribution is 4.90. The van der Waals surface area contributed by atoms with Crippen LogP contribution in [-0.4, -0.2) is 62.3 Å². The Bertz CT molecular complexity index is 172. The molecule has 1 heterocycles. The van der Waals surface area contributed by atoms with Crippen LogP contribution < -0.4 is 0 Å². The predicted molar refractivity (Wildman–Crippen MR) is 40.6 cm³/mol. The Labute approximate surface area is 75.0 Å². The van der Waals surface area contributed by atoms with E-state index in [9.17, 15) is 10.2 Å². The largest absolute Gasteiger partial charge is 0.391 e. The smallest absolute Gasteiger partial charge is 0.184 e. The minimum atomic E-state index is -1.59. The Morgan fingerprint density at radius 2 is 1.54 bits per heavy atom. The van der Waals surface area contributed by atoms with Gasteiger partial charge >= 0.3 is 0 Å². The van der Waals surface area contributed by atoms with Gasteiger partial charge in [0.15, 0.2) is 6.29 Å². The first-order valence-corrected chi connectivity index (χ1v) is 4.01. The van der Waals surface area contributed by atoms with Crippen molar-refractivity contribution in [2.75, 3.05) is 0 Å². The van der Waals surface area contributed by atoms with E-state index in [4.69, 9.17) is 15.3 Å². The first-order chi connectivity index (χ1) is 5.95. The van der Waals surface area contributed by atoms with Gasteiger partial charge in [-0.15, -0.1) is 0 Å². The molecule has 1 fully saturated rings. The van der Waals surface area contributed by atoms with Crippen molar-refractivity contribution >= 4 is 0 Å². The SMILES string of the molecule is C[C@H](O)[C@H]1O[C@H](O)[C@@H](O)[C@@H](O)[C@@H]1O. The molecule has 1 saturated heterocycles. The maximum Gasteiger partial charge on any atom is 0.184 e. The molecule has 0 unspecified atom stereocenters. The summed E-state index contributed by atoms with van der Waals surface area (Å²) in [6, 6.07) is 0. The summed E-state index contributed by atoms with van der Waals surface area (Å²) in [5, 5.41) is 45.6. The minimum absolute atomic E-state index is 1.04. The first-order valence-electron chi connectivity index (χ1n) is 4.01. The average molecular weight is 194 g/mol. The molecule has 1 aliphatic rings. The van der Waals surface area contributed by atoms with Crippen molar-refractivity contribution < 1.29 is 30.3 Å². The van der Waals surface area contributed by atoms with Crippen LogP contribution >= 0.6 is 0 Å². The second-order valence-corrected chi connectivity index (χ2v) is 3.20. The van der Waals surface area contributed by atoms with Crippen LogP contribution in [0.15, 0.2) is 0 Å². The van der Waals surface area contributed by atoms with Crippen LogP contribution in [0.2, 0.25) is 0 Å². The molecule has 6 atom stereocenters. The fourth-order valence-electron chi connectivity index (χ4n) is 1.29. The summed E-state index contributed by atoms with van der Waals surface area (Å²) in [5.41, 5.74) is 0. The van der Waals surface area contributed by atoms with Crippen molar-refractivity contribution in [3.63, 3.8) is 0 Å². The minimum Gasteiger partial charge on any atom is -0.391 e. The van der Waals surface area contributed by atoms with E-state index >= 15 is 0 Å². The third-order valence-corrected chi connectivity index (χ3v) is 2.10. The predicted octanol–water partition coefficient (Wildman–Crippen LogP) is -2.83. The van der Waals surface area contributed by atoms with Gasteiger partial charge in [-0.25, -0.2) is 0 Å². The highest BCUT2D eigenvalue weighted by atomic mass is 16.6. The molecular formula is C7H14O6. The van der Waals surface area contributed by atoms with E-state index in [1.165, 1.54) is 6.92 Å². The fraction of sp³-hybridized carbons (Fsp3) is 1.00. The van der Waals surface area contributed by atoms with E-state index in [2.05, 4.69) is 4.74 Å². The first kappa shape index (κ1) is 10.8. The zero-order valence-corrected chi connectivity index (χ0v) is 7.11. The molecule has 0 aromatic rings. The van der Waals surface area contributed by atoms with Gasteiger partial charge < -0.3 is 30.3 Å². The second kappa shape index (κ2) is 3.87. The van der Waals surface area contributed by atoms with Gasteiger partial charge in [0, 0.05) is 0 Å². The summed E-state index contributed by atoms with van der Waals surface area (Å²) in [6.45, 7) is 1.35. The van der Waals surface area contributed by atoms with Crippen molar-refractivity contribution in [3.05, 3.63) is 0 Å². The molecule has 13 heavy (non-hydrogen) atoms. The number of hydrogen-bond acceptors (Lipinski definition) is 6. The highest BCUT2D eigenvalue weighted by Gasteiger charge is 2.44. The number of aliphatic hydroxyl groups excluding tert-OH is 5. The second-order valence-electron chi connectivity index (χ2n) is 3.20. The Morgan fingerprint density at radius 3 is 2.00 bits per heavy atom. The molecule has 0 aromatic carbocycles. The number of hydrogen-bond donors (Lipinski definition) is 5. The van der Waals surface area contributed by atoms with Crippen molar-refractivity contribution in [2.45, 2.75) is 43.7 Å². The van der Waals surface area contributed by atoms with Gasteiger partial charge in [0.1, 0.15) is 24.4 Å². The van der Waals surface area contributed by atoms with Gasteiger partial charge in [-0.3, -0.25) is 0 Å². The molecule has 0 amide bonds. The Kier molecular flexibility index (Phi) is 3.23. The topological polar surface area (TPSA) is 110 Å². The van der Waals surface area contributed by atoms with E-state index in [0.717, 1.165) is 0 Å². The lowest BCUT2D eigenvalue weighted by atomic mass is 9.96. The van der Waals surface area contributed by atoms with Crippen molar-refractivity contribution in [1.29, 1.82) is 0 Å². The van der Waals surface area contributed by atoms with Crippen LogP contribution in [-0.2, 0) is 4.74 Å². The molecule has 6 heteroatoms. The van der Waals surface area contributed by atoms with E-state index in [0.29, 0.717) is 0 Å². The third-order valence-electron chi connectivity index (χ3n) is 2.10. The lowest BCUT2D eigenvalue weighted by molar-refractivity contribution is -0.295. The van der Waals surface area contributed by atoms with Gasteiger partial charge in [0.2, 0.25) is 0 Å². The van der Waals surface area contributed by atoms with E-state index in [-0.39, 0.29) is 0 Å². The van der Waals surface area contributed by atoms with Crippen LogP contribution in [0.25, 0.3) is 0 Å². The van der Waals surface area contributed by atoms with Crippen LogP contribution in [0.4, 0.5) is 0 Å². The summed E-state index contributed by atoms with van der Waals surface area (Å²) in [4.78, 5) is 0. The van der Waals surface area contributed by atoms with Gasteiger partial charge in [0.25, 0.3) is 0 Å². The lowest BCUT2D eigenvalue weighted by Crippen LogP contribution is -2.60. The molecule has 0 radical (unpaired) electrons. The van der Waals surface area contributed by atoms with Crippen LogP contribution in [0.5, 0.6) is 0 Å². The number of rotatable bonds is 1. The van der Waals surface area contributed by atoms with Gasteiger partial charge in [0.05, 0.1) is 6.10 Å². The summed E-state index contributed by atoms with van der Waals surface area (Å²) >= 11 is 0. The van der Waals surface area contributed by atoms with E-state index < -0.39 is 36.8 Å². The molecule has 0 spiro atoms. The normalized spacial score (nSPS) is 48.9. The van der Waals surface area contributed by atoms with Gasteiger partial charge in [-0.1, -0.05) is 0 Å². The Balaban J connectivity index is 2.70. The summed E-state index contributed by atoms with van der Waals surface area (Å²) in [7, 11) is 0. The molecule has 0 aliphatic carbocycles. The summed E-state index contributed by atoms with van der Waals surface area (Å²) in [6.07, 6.45) is -8.18. The molecule has 1 aliphatic heterocycles. The van der Waals surface area contributed by atoms with Crippen LogP contribution in [0, 0.1) is 0 Å². The molecule has 0 aromatic heterocycles. The average Bonchev–Trinajstić information content (AvgIpc) is 2.07. The van der Waals surface area contributed by atoms with E-state index in [1.807, 2.05) is 0 Å². The zero-order valence-electron chi connectivity index (χ0n) is 7.11. The molecule has 0 bridgehead atoms. The van der Waals surface area contributed by atoms with Crippen molar-refractivity contribution in [1.82, 2.24) is 0 Å². The molecule has 78 valence electrons. The maximum atomic E-state index is 9.29. The highest BCUT2D eigenvalue weighted by Crippen LogP contribution is 2.21. The van der Waals surface area contributed by atoms with Gasteiger partial charge in [-0.2, -0.15) is 0 Å². The third kappa shape index (κ3) is 1.98. The molecule has 1 rings (SSSR count). The molecule has 5 N–H and O–H groups in total. The van der Waals surface area contributed by atoms with Crippen LogP contribution in [0.1, 0.15) is 6.92 Å². The monoisotopic (exact) mass is 194 g/mol. The van der Waals surface area contributed by atoms with E-state index in [1.54, 1.807) is 0 Å². The van der Waals surface area contributed by atoms with Crippen LogP contribution in [0.3, 0.4) is 0 Å². The van der Waals surface area contributed by atoms with Crippen molar-refractivity contribution in [2.24, 2.45) is 0 Å². The maximum absolute atomic E-state index is 9.29.